The van der Waals surface area contributed by atoms with Crippen molar-refractivity contribution in [2.45, 2.75) is 32.9 Å². The summed E-state index contributed by atoms with van der Waals surface area (Å²) in [4.78, 5) is 19.0. The largest absolute Gasteiger partial charge is 0.351 e. The number of carbonyl (C=O) groups excluding carboxylic acids is 1. The van der Waals surface area contributed by atoms with E-state index in [0.29, 0.717) is 5.11 Å². The Kier molecular flexibility index (Phi) is 6.76. The van der Waals surface area contributed by atoms with Gasteiger partial charge in [-0.1, -0.05) is 26.0 Å². The molecule has 0 spiro atoms. The van der Waals surface area contributed by atoms with Crippen LogP contribution in [-0.2, 0) is 4.79 Å². The van der Waals surface area contributed by atoms with Gasteiger partial charge >= 0.3 is 0 Å². The van der Waals surface area contributed by atoms with Crippen LogP contribution in [-0.4, -0.2) is 20.6 Å². The standard InChI is InChI=1S/C29H28FN5OS/c1-18(2)28(36)32-23-13-12-22(16-19(23)3)35-27(26(33-29(35)37)24-10-4-5-14-31-24)25-11-7-15-34(25)21-9-6-8-20(30)17-21/h4-18,26-27H,1-3H3,(H,32,36)(H,33,37). The lowest BCUT2D eigenvalue weighted by Gasteiger charge is -2.29. The third kappa shape index (κ3) is 4.84. The van der Waals surface area contributed by atoms with Gasteiger partial charge in [0.2, 0.25) is 5.91 Å². The molecule has 0 saturated carbocycles. The van der Waals surface area contributed by atoms with Crippen molar-refractivity contribution in [3.8, 4) is 5.69 Å². The number of halogens is 1. The minimum atomic E-state index is -0.301. The number of benzene rings is 2. The van der Waals surface area contributed by atoms with Crippen molar-refractivity contribution in [1.82, 2.24) is 14.9 Å². The predicted octanol–water partition coefficient (Wildman–Crippen LogP) is 6.09. The zero-order valence-corrected chi connectivity index (χ0v) is 21.7. The van der Waals surface area contributed by atoms with E-state index < -0.39 is 0 Å². The van der Waals surface area contributed by atoms with E-state index in [1.807, 2.05) is 86.1 Å². The number of pyridine rings is 1. The molecule has 4 aromatic rings. The Morgan fingerprint density at radius 3 is 2.59 bits per heavy atom. The summed E-state index contributed by atoms with van der Waals surface area (Å²) >= 11 is 5.86. The zero-order chi connectivity index (χ0) is 26.1. The molecule has 3 heterocycles. The predicted molar refractivity (Wildman–Crippen MR) is 148 cm³/mol. The molecule has 2 unspecified atom stereocenters. The fourth-order valence-electron chi connectivity index (χ4n) is 4.64. The normalized spacial score (nSPS) is 17.2. The van der Waals surface area contributed by atoms with Crippen molar-refractivity contribution in [2.24, 2.45) is 5.92 Å². The van der Waals surface area contributed by atoms with E-state index in [0.717, 1.165) is 34.0 Å². The van der Waals surface area contributed by atoms with Crippen LogP contribution in [0.2, 0.25) is 0 Å². The van der Waals surface area contributed by atoms with Gasteiger partial charge in [0, 0.05) is 41.1 Å². The van der Waals surface area contributed by atoms with Crippen molar-refractivity contribution in [1.29, 1.82) is 0 Å². The van der Waals surface area contributed by atoms with Gasteiger partial charge < -0.3 is 20.1 Å². The molecule has 0 bridgehead atoms. The van der Waals surface area contributed by atoms with Gasteiger partial charge in [-0.05, 0) is 85.4 Å². The van der Waals surface area contributed by atoms with Crippen molar-refractivity contribution < 1.29 is 9.18 Å². The second-order valence-electron chi connectivity index (χ2n) is 9.42. The molecule has 0 radical (unpaired) electrons. The van der Waals surface area contributed by atoms with Gasteiger partial charge in [0.05, 0.1) is 11.7 Å². The quantitative estimate of drug-likeness (QED) is 0.306. The minimum absolute atomic E-state index is 0.0322. The maximum Gasteiger partial charge on any atom is 0.226 e. The number of hydrogen-bond donors (Lipinski definition) is 2. The average molecular weight is 514 g/mol. The molecule has 6 nitrogen and oxygen atoms in total. The van der Waals surface area contributed by atoms with Crippen molar-refractivity contribution in [3.05, 3.63) is 108 Å². The van der Waals surface area contributed by atoms with Crippen LogP contribution >= 0.6 is 12.2 Å². The Balaban J connectivity index is 1.60. The molecule has 5 rings (SSSR count). The Morgan fingerprint density at radius 2 is 1.89 bits per heavy atom. The van der Waals surface area contributed by atoms with Crippen LogP contribution in [0.15, 0.2) is 85.2 Å². The van der Waals surface area contributed by atoms with E-state index in [4.69, 9.17) is 12.2 Å². The van der Waals surface area contributed by atoms with Crippen LogP contribution in [0.4, 0.5) is 15.8 Å². The van der Waals surface area contributed by atoms with Crippen molar-refractivity contribution in [2.75, 3.05) is 10.2 Å². The van der Waals surface area contributed by atoms with Crippen LogP contribution in [0.25, 0.3) is 5.69 Å². The molecule has 2 aromatic heterocycles. The molecule has 37 heavy (non-hydrogen) atoms. The summed E-state index contributed by atoms with van der Waals surface area (Å²) in [6.07, 6.45) is 3.69. The maximum atomic E-state index is 14.1. The number of rotatable bonds is 6. The second kappa shape index (κ2) is 10.1. The summed E-state index contributed by atoms with van der Waals surface area (Å²) in [7, 11) is 0. The molecule has 2 atom stereocenters. The van der Waals surface area contributed by atoms with E-state index in [2.05, 4.69) is 20.5 Å². The molecule has 2 N–H and O–H groups in total. The molecule has 188 valence electrons. The Labute approximate surface area is 221 Å². The lowest BCUT2D eigenvalue weighted by atomic mass is 10.00. The third-order valence-electron chi connectivity index (χ3n) is 6.54. The first kappa shape index (κ1) is 24.6. The van der Waals surface area contributed by atoms with Crippen LogP contribution in [0.5, 0.6) is 0 Å². The zero-order valence-electron chi connectivity index (χ0n) is 20.9. The molecule has 1 aliphatic heterocycles. The minimum Gasteiger partial charge on any atom is -0.351 e. The molecule has 8 heteroatoms. The van der Waals surface area contributed by atoms with Crippen molar-refractivity contribution in [3.63, 3.8) is 0 Å². The lowest BCUT2D eigenvalue weighted by molar-refractivity contribution is -0.118. The number of aryl methyl sites for hydroxylation is 1. The fraction of sp³-hybridized carbons (Fsp3) is 0.207. The highest BCUT2D eigenvalue weighted by atomic mass is 32.1. The number of thiocarbonyl (C=S) groups is 1. The second-order valence-corrected chi connectivity index (χ2v) is 9.81. The molecule has 1 fully saturated rings. The van der Waals surface area contributed by atoms with Gasteiger partial charge in [-0.2, -0.15) is 0 Å². The van der Waals surface area contributed by atoms with E-state index in [-0.39, 0.29) is 29.7 Å². The van der Waals surface area contributed by atoms with Gasteiger partial charge in [0.15, 0.2) is 5.11 Å². The maximum absolute atomic E-state index is 14.1. The summed E-state index contributed by atoms with van der Waals surface area (Å²) in [6, 6.07) is 21.7. The summed E-state index contributed by atoms with van der Waals surface area (Å²) < 4.78 is 16.1. The molecule has 1 amide bonds. The number of hydrogen-bond acceptors (Lipinski definition) is 3. The number of amides is 1. The van der Waals surface area contributed by atoms with Gasteiger partial charge in [0.1, 0.15) is 11.9 Å². The highest BCUT2D eigenvalue weighted by molar-refractivity contribution is 7.80. The van der Waals surface area contributed by atoms with Gasteiger partial charge in [-0.15, -0.1) is 0 Å². The number of carbonyl (C=O) groups is 1. The monoisotopic (exact) mass is 513 g/mol. The highest BCUT2D eigenvalue weighted by Gasteiger charge is 2.42. The summed E-state index contributed by atoms with van der Waals surface area (Å²) in [6.45, 7) is 5.69. The summed E-state index contributed by atoms with van der Waals surface area (Å²) in [5.74, 6) is -0.450. The van der Waals surface area contributed by atoms with Crippen molar-refractivity contribution >= 4 is 34.6 Å². The first-order valence-corrected chi connectivity index (χ1v) is 12.6. The van der Waals surface area contributed by atoms with E-state index in [9.17, 15) is 9.18 Å². The van der Waals surface area contributed by atoms with E-state index in [1.54, 1.807) is 12.3 Å². The smallest absolute Gasteiger partial charge is 0.226 e. The molecule has 0 aliphatic carbocycles. The van der Waals surface area contributed by atoms with Crippen LogP contribution in [0.1, 0.15) is 42.9 Å². The topological polar surface area (TPSA) is 62.2 Å². The first-order chi connectivity index (χ1) is 17.8. The number of aromatic nitrogens is 2. The fourth-order valence-corrected chi connectivity index (χ4v) is 4.99. The van der Waals surface area contributed by atoms with E-state index >= 15 is 0 Å². The Hall–Kier alpha value is -4.04. The van der Waals surface area contributed by atoms with Crippen LogP contribution in [0, 0.1) is 18.7 Å². The molecule has 1 saturated heterocycles. The number of anilines is 2. The average Bonchev–Trinajstić information content (AvgIpc) is 3.50. The van der Waals surface area contributed by atoms with Crippen LogP contribution in [0.3, 0.4) is 0 Å². The van der Waals surface area contributed by atoms with E-state index in [1.165, 1.54) is 12.1 Å². The summed E-state index contributed by atoms with van der Waals surface area (Å²) in [5, 5.41) is 7.02. The molecule has 1 aliphatic rings. The molecule has 2 aromatic carbocycles. The lowest BCUT2D eigenvalue weighted by Crippen LogP contribution is -2.30. The SMILES string of the molecule is Cc1cc(N2C(=S)NC(c3ccccn3)C2c2cccn2-c2cccc(F)c2)ccc1NC(=O)C(C)C. The first-order valence-electron chi connectivity index (χ1n) is 12.2. The highest BCUT2D eigenvalue weighted by Crippen LogP contribution is 2.43. The molecular weight excluding hydrogens is 485 g/mol. The number of nitrogens with one attached hydrogen (secondary N) is 2. The summed E-state index contributed by atoms with van der Waals surface area (Å²) in [5.41, 5.74) is 5.08. The van der Waals surface area contributed by atoms with Gasteiger partial charge in [-0.25, -0.2) is 4.39 Å². The Morgan fingerprint density at radius 1 is 1.05 bits per heavy atom. The van der Waals surface area contributed by atoms with Gasteiger partial charge in [0.25, 0.3) is 0 Å². The van der Waals surface area contributed by atoms with Gasteiger partial charge in [-0.3, -0.25) is 9.78 Å². The third-order valence-corrected chi connectivity index (χ3v) is 6.85. The van der Waals surface area contributed by atoms with Crippen LogP contribution < -0.4 is 15.5 Å². The Bertz CT molecular complexity index is 1450. The molecular formula is C29H28FN5OS. The number of nitrogens with zero attached hydrogens (tertiary/aromatic N) is 3.